The van der Waals surface area contributed by atoms with Crippen molar-refractivity contribution in [2.75, 3.05) is 81.1 Å². The number of likely N-dealkylation sites (N-methyl/N-ethyl adjacent to an activating group) is 3. The SMILES string of the molecule is CCCCCCCCCCCCC[N+]1(C)CC[N+](C)(C)CC[N+](C)(C)CC1. The van der Waals surface area contributed by atoms with Crippen LogP contribution in [0.3, 0.4) is 0 Å². The zero-order chi connectivity index (χ0) is 20.2. The molecule has 0 spiro atoms. The van der Waals surface area contributed by atoms with Crippen molar-refractivity contribution >= 4 is 0 Å². The highest BCUT2D eigenvalue weighted by Gasteiger charge is 2.33. The molecule has 0 amide bonds. The first-order valence-electron chi connectivity index (χ1n) is 12.2. The molecule has 3 nitrogen and oxygen atoms in total. The summed E-state index contributed by atoms with van der Waals surface area (Å²) in [5.74, 6) is 0. The molecule has 3 heteroatoms. The second-order valence-corrected chi connectivity index (χ2v) is 11.1. The minimum atomic E-state index is 1.19. The Hall–Kier alpha value is -0.120. The van der Waals surface area contributed by atoms with Crippen LogP contribution in [-0.4, -0.2) is 94.5 Å². The molecule has 1 aliphatic rings. The van der Waals surface area contributed by atoms with Gasteiger partial charge in [0, 0.05) is 0 Å². The lowest BCUT2D eigenvalue weighted by Gasteiger charge is -2.37. The highest BCUT2D eigenvalue weighted by atomic mass is 15.4. The van der Waals surface area contributed by atoms with Crippen LogP contribution in [0.25, 0.3) is 0 Å². The Bertz CT molecular complexity index is 356. The molecule has 162 valence electrons. The summed E-state index contributed by atoms with van der Waals surface area (Å²) in [4.78, 5) is 0. The second-order valence-electron chi connectivity index (χ2n) is 11.1. The van der Waals surface area contributed by atoms with Crippen molar-refractivity contribution < 1.29 is 13.4 Å². The quantitative estimate of drug-likeness (QED) is 0.331. The molecule has 1 aliphatic heterocycles. The van der Waals surface area contributed by atoms with Crippen LogP contribution in [0.15, 0.2) is 0 Å². The molecule has 0 aliphatic carbocycles. The van der Waals surface area contributed by atoms with Gasteiger partial charge < -0.3 is 13.4 Å². The summed E-state index contributed by atoms with van der Waals surface area (Å²) in [6.07, 6.45) is 15.9. The van der Waals surface area contributed by atoms with Crippen LogP contribution >= 0.6 is 0 Å². The maximum Gasteiger partial charge on any atom is 0.128 e. The van der Waals surface area contributed by atoms with Crippen molar-refractivity contribution in [1.82, 2.24) is 0 Å². The van der Waals surface area contributed by atoms with Gasteiger partial charge in [-0.25, -0.2) is 0 Å². The van der Waals surface area contributed by atoms with Crippen LogP contribution in [-0.2, 0) is 0 Å². The Morgan fingerprint density at radius 3 is 1.19 bits per heavy atom. The van der Waals surface area contributed by atoms with Gasteiger partial charge in [0.05, 0.1) is 41.8 Å². The fourth-order valence-corrected chi connectivity index (χ4v) is 4.28. The molecule has 0 N–H and O–H groups in total. The number of rotatable bonds is 12. The summed E-state index contributed by atoms with van der Waals surface area (Å²) in [5.41, 5.74) is 0. The maximum atomic E-state index is 2.53. The van der Waals surface area contributed by atoms with E-state index < -0.39 is 0 Å². The van der Waals surface area contributed by atoms with E-state index >= 15 is 0 Å². The summed E-state index contributed by atoms with van der Waals surface area (Å²) in [5, 5.41) is 0. The van der Waals surface area contributed by atoms with E-state index in [1.54, 1.807) is 0 Å². The van der Waals surface area contributed by atoms with E-state index in [0.717, 1.165) is 0 Å². The van der Waals surface area contributed by atoms with E-state index in [1.807, 2.05) is 0 Å². The number of quaternary nitrogens is 3. The molecule has 0 aromatic carbocycles. The predicted octanol–water partition coefficient (Wildman–Crippen LogP) is 4.91. The third-order valence-electron chi connectivity index (χ3n) is 7.10. The predicted molar refractivity (Wildman–Crippen MR) is 121 cm³/mol. The largest absolute Gasteiger partial charge is 0.319 e. The van der Waals surface area contributed by atoms with E-state index in [-0.39, 0.29) is 0 Å². The van der Waals surface area contributed by atoms with Gasteiger partial charge in [-0.15, -0.1) is 0 Å². The molecule has 1 rings (SSSR count). The molecule has 0 radical (unpaired) electrons. The molecule has 0 aromatic rings. The van der Waals surface area contributed by atoms with Gasteiger partial charge in [0.1, 0.15) is 39.3 Å². The molecule has 0 bridgehead atoms. The Balaban J connectivity index is 2.21. The molecular weight excluding hydrogens is 330 g/mol. The van der Waals surface area contributed by atoms with Gasteiger partial charge >= 0.3 is 0 Å². The van der Waals surface area contributed by atoms with Crippen molar-refractivity contribution in [3.8, 4) is 0 Å². The summed E-state index contributed by atoms with van der Waals surface area (Å²) in [6.45, 7) is 11.7. The highest BCUT2D eigenvalue weighted by Crippen LogP contribution is 2.16. The summed E-state index contributed by atoms with van der Waals surface area (Å²) >= 11 is 0. The van der Waals surface area contributed by atoms with E-state index in [1.165, 1.54) is 130 Å². The van der Waals surface area contributed by atoms with E-state index in [2.05, 4.69) is 42.2 Å². The number of hydrogen-bond acceptors (Lipinski definition) is 0. The van der Waals surface area contributed by atoms with Crippen molar-refractivity contribution in [3.05, 3.63) is 0 Å². The molecule has 1 fully saturated rings. The lowest BCUT2D eigenvalue weighted by Crippen LogP contribution is -2.54. The summed E-state index contributed by atoms with van der Waals surface area (Å²) in [7, 11) is 12.2. The molecule has 1 saturated heterocycles. The topological polar surface area (TPSA) is 0 Å². The maximum absolute atomic E-state index is 2.53. The van der Waals surface area contributed by atoms with Crippen LogP contribution in [0, 0.1) is 0 Å². The van der Waals surface area contributed by atoms with Crippen LogP contribution in [0.4, 0.5) is 0 Å². The fourth-order valence-electron chi connectivity index (χ4n) is 4.28. The molecule has 0 atom stereocenters. The van der Waals surface area contributed by atoms with Gasteiger partial charge in [0.2, 0.25) is 0 Å². The van der Waals surface area contributed by atoms with E-state index in [9.17, 15) is 0 Å². The van der Waals surface area contributed by atoms with Crippen LogP contribution in [0.2, 0.25) is 0 Å². The average Bonchev–Trinajstić information content (AvgIpc) is 2.65. The normalized spacial score (nSPS) is 22.0. The highest BCUT2D eigenvalue weighted by molar-refractivity contribution is 4.51. The van der Waals surface area contributed by atoms with Crippen molar-refractivity contribution in [2.45, 2.75) is 77.6 Å². The van der Waals surface area contributed by atoms with Crippen molar-refractivity contribution in [3.63, 3.8) is 0 Å². The lowest BCUT2D eigenvalue weighted by molar-refractivity contribution is -0.955. The van der Waals surface area contributed by atoms with Gasteiger partial charge in [0.25, 0.3) is 0 Å². The number of unbranched alkanes of at least 4 members (excludes halogenated alkanes) is 10. The molecular formula is C24H54N3+3. The van der Waals surface area contributed by atoms with Crippen LogP contribution in [0.5, 0.6) is 0 Å². The third-order valence-corrected chi connectivity index (χ3v) is 7.10. The Morgan fingerprint density at radius 2 is 0.778 bits per heavy atom. The van der Waals surface area contributed by atoms with E-state index in [4.69, 9.17) is 0 Å². The minimum Gasteiger partial charge on any atom is -0.319 e. The average molecular weight is 385 g/mol. The molecule has 27 heavy (non-hydrogen) atoms. The van der Waals surface area contributed by atoms with Gasteiger partial charge in [-0.05, 0) is 12.8 Å². The summed E-state index contributed by atoms with van der Waals surface area (Å²) < 4.78 is 3.67. The van der Waals surface area contributed by atoms with Gasteiger partial charge in [-0.1, -0.05) is 64.7 Å². The zero-order valence-electron chi connectivity index (χ0n) is 20.1. The number of nitrogens with zero attached hydrogens (tertiary/aromatic N) is 3. The van der Waals surface area contributed by atoms with Crippen LogP contribution in [0.1, 0.15) is 77.6 Å². The lowest BCUT2D eigenvalue weighted by atomic mass is 10.1. The first kappa shape index (κ1) is 24.9. The van der Waals surface area contributed by atoms with E-state index in [0.29, 0.717) is 0 Å². The monoisotopic (exact) mass is 384 g/mol. The smallest absolute Gasteiger partial charge is 0.128 e. The molecule has 0 saturated carbocycles. The van der Waals surface area contributed by atoms with Crippen LogP contribution < -0.4 is 0 Å². The zero-order valence-corrected chi connectivity index (χ0v) is 20.1. The first-order chi connectivity index (χ1) is 12.7. The summed E-state index contributed by atoms with van der Waals surface area (Å²) in [6, 6.07) is 0. The Labute approximate surface area is 172 Å². The Morgan fingerprint density at radius 1 is 0.444 bits per heavy atom. The van der Waals surface area contributed by atoms with Gasteiger partial charge in [-0.3, -0.25) is 0 Å². The van der Waals surface area contributed by atoms with Gasteiger partial charge in [0.15, 0.2) is 0 Å². The fraction of sp³-hybridized carbons (Fsp3) is 1.00. The minimum absolute atomic E-state index is 1.19. The molecule has 0 unspecified atom stereocenters. The van der Waals surface area contributed by atoms with Gasteiger partial charge in [-0.2, -0.15) is 0 Å². The number of hydrogen-bond donors (Lipinski definition) is 0. The van der Waals surface area contributed by atoms with Crippen molar-refractivity contribution in [1.29, 1.82) is 0 Å². The van der Waals surface area contributed by atoms with Crippen molar-refractivity contribution in [2.24, 2.45) is 0 Å². The molecule has 1 heterocycles. The third kappa shape index (κ3) is 12.1. The molecule has 0 aromatic heterocycles. The second kappa shape index (κ2) is 12.4. The Kier molecular flexibility index (Phi) is 11.5. The standard InChI is InChI=1S/C24H54N3/c1-7-8-9-10-11-12-13-14-15-16-17-18-27(6)23-21-25(2,3)19-20-26(4,5)22-24-27/h7-24H2,1-6H3/q+3. The first-order valence-corrected chi connectivity index (χ1v) is 12.2.